The van der Waals surface area contributed by atoms with Crippen molar-refractivity contribution in [3.63, 3.8) is 0 Å². The van der Waals surface area contributed by atoms with Gasteiger partial charge in [0.15, 0.2) is 5.69 Å². The molecule has 3 aromatic rings. The zero-order chi connectivity index (χ0) is 16.9. The van der Waals surface area contributed by atoms with Crippen LogP contribution in [0.4, 0.5) is 0 Å². The molecular formula is C18H18N4O2. The molecule has 6 heteroatoms. The molecule has 2 aromatic carbocycles. The van der Waals surface area contributed by atoms with Crippen LogP contribution < -0.4 is 16.0 Å². The normalized spacial score (nSPS) is 10.4. The lowest BCUT2D eigenvalue weighted by Gasteiger charge is -2.08. The van der Waals surface area contributed by atoms with E-state index < -0.39 is 5.91 Å². The van der Waals surface area contributed by atoms with Gasteiger partial charge in [-0.15, -0.1) is 0 Å². The van der Waals surface area contributed by atoms with E-state index in [1.165, 1.54) is 0 Å². The SMILES string of the molecule is CCOc1ccc(-c2cc(C(=O)NN)nn2-c2ccccc2)cc1. The van der Waals surface area contributed by atoms with Gasteiger partial charge in [-0.2, -0.15) is 5.10 Å². The fourth-order valence-corrected chi connectivity index (χ4v) is 2.43. The largest absolute Gasteiger partial charge is 0.494 e. The number of nitrogens with two attached hydrogens (primary N) is 1. The van der Waals surface area contributed by atoms with E-state index in [1.54, 1.807) is 10.7 Å². The number of hydrogen-bond acceptors (Lipinski definition) is 4. The number of carbonyl (C=O) groups excluding carboxylic acids is 1. The molecule has 0 spiro atoms. The average Bonchev–Trinajstić information content (AvgIpc) is 3.08. The fraction of sp³-hybridized carbons (Fsp3) is 0.111. The summed E-state index contributed by atoms with van der Waals surface area (Å²) in [6, 6.07) is 19.0. The Bertz CT molecular complexity index is 826. The molecular weight excluding hydrogens is 304 g/mol. The summed E-state index contributed by atoms with van der Waals surface area (Å²) in [5.74, 6) is 5.59. The number of amides is 1. The van der Waals surface area contributed by atoms with Crippen molar-refractivity contribution in [3.8, 4) is 22.7 Å². The summed E-state index contributed by atoms with van der Waals surface area (Å²) in [5, 5.41) is 4.38. The number of nitrogen functional groups attached to an aromatic ring is 1. The number of hydrogen-bond donors (Lipinski definition) is 2. The molecule has 122 valence electrons. The lowest BCUT2D eigenvalue weighted by atomic mass is 10.1. The number of nitrogens with zero attached hydrogens (tertiary/aromatic N) is 2. The first-order chi connectivity index (χ1) is 11.7. The Hall–Kier alpha value is -3.12. The molecule has 0 aliphatic carbocycles. The number of hydrazine groups is 1. The summed E-state index contributed by atoms with van der Waals surface area (Å²) in [7, 11) is 0. The van der Waals surface area contributed by atoms with Crippen LogP contribution >= 0.6 is 0 Å². The van der Waals surface area contributed by atoms with Crippen molar-refractivity contribution < 1.29 is 9.53 Å². The van der Waals surface area contributed by atoms with Crippen LogP contribution in [0.15, 0.2) is 60.7 Å². The highest BCUT2D eigenvalue weighted by atomic mass is 16.5. The summed E-state index contributed by atoms with van der Waals surface area (Å²) in [6.07, 6.45) is 0. The minimum Gasteiger partial charge on any atom is -0.494 e. The van der Waals surface area contributed by atoms with Gasteiger partial charge in [-0.05, 0) is 49.4 Å². The minimum absolute atomic E-state index is 0.255. The molecule has 0 unspecified atom stereocenters. The standard InChI is InChI=1S/C18H18N4O2/c1-2-24-15-10-8-13(9-11-15)17-12-16(18(23)20-19)21-22(17)14-6-4-3-5-7-14/h3-12H,2,19H2,1H3,(H,20,23). The lowest BCUT2D eigenvalue weighted by molar-refractivity contribution is 0.0948. The number of para-hydroxylation sites is 1. The van der Waals surface area contributed by atoms with Crippen molar-refractivity contribution in [3.05, 3.63) is 66.4 Å². The molecule has 0 bridgehead atoms. The van der Waals surface area contributed by atoms with Gasteiger partial charge in [0.25, 0.3) is 5.91 Å². The molecule has 24 heavy (non-hydrogen) atoms. The van der Waals surface area contributed by atoms with E-state index >= 15 is 0 Å². The van der Waals surface area contributed by atoms with Gasteiger partial charge in [-0.3, -0.25) is 10.2 Å². The van der Waals surface area contributed by atoms with Gasteiger partial charge >= 0.3 is 0 Å². The average molecular weight is 322 g/mol. The van der Waals surface area contributed by atoms with Crippen LogP contribution in [0.3, 0.4) is 0 Å². The van der Waals surface area contributed by atoms with E-state index in [1.807, 2.05) is 61.5 Å². The maximum Gasteiger partial charge on any atom is 0.285 e. The second-order valence-electron chi connectivity index (χ2n) is 5.09. The topological polar surface area (TPSA) is 82.2 Å². The molecule has 1 amide bonds. The first kappa shape index (κ1) is 15.8. The van der Waals surface area contributed by atoms with Gasteiger partial charge in [0.1, 0.15) is 5.75 Å². The van der Waals surface area contributed by atoms with E-state index in [2.05, 4.69) is 10.5 Å². The van der Waals surface area contributed by atoms with Gasteiger partial charge < -0.3 is 4.74 Å². The molecule has 1 heterocycles. The molecule has 6 nitrogen and oxygen atoms in total. The van der Waals surface area contributed by atoms with Crippen molar-refractivity contribution in [2.24, 2.45) is 5.84 Å². The molecule has 0 saturated carbocycles. The summed E-state index contributed by atoms with van der Waals surface area (Å²) >= 11 is 0. The lowest BCUT2D eigenvalue weighted by Crippen LogP contribution is -2.30. The Morgan fingerprint density at radius 1 is 1.17 bits per heavy atom. The van der Waals surface area contributed by atoms with E-state index in [-0.39, 0.29) is 5.69 Å². The summed E-state index contributed by atoms with van der Waals surface area (Å²) in [5.41, 5.74) is 4.95. The number of nitrogens with one attached hydrogen (secondary N) is 1. The van der Waals surface area contributed by atoms with Crippen molar-refractivity contribution in [1.82, 2.24) is 15.2 Å². The molecule has 1 aromatic heterocycles. The summed E-state index contributed by atoms with van der Waals surface area (Å²) < 4.78 is 7.19. The Balaban J connectivity index is 2.08. The van der Waals surface area contributed by atoms with Crippen LogP contribution in [0, 0.1) is 0 Å². The van der Waals surface area contributed by atoms with Gasteiger partial charge in [0, 0.05) is 5.56 Å². The third-order valence-electron chi connectivity index (χ3n) is 3.53. The predicted molar refractivity (Wildman–Crippen MR) is 91.8 cm³/mol. The minimum atomic E-state index is -0.433. The highest BCUT2D eigenvalue weighted by molar-refractivity contribution is 5.93. The van der Waals surface area contributed by atoms with Crippen LogP contribution in [-0.2, 0) is 0 Å². The Morgan fingerprint density at radius 3 is 2.50 bits per heavy atom. The van der Waals surface area contributed by atoms with E-state index in [0.717, 1.165) is 22.7 Å². The molecule has 3 rings (SSSR count). The molecule has 0 atom stereocenters. The zero-order valence-electron chi connectivity index (χ0n) is 13.3. The van der Waals surface area contributed by atoms with Crippen molar-refractivity contribution in [2.45, 2.75) is 6.92 Å². The smallest absolute Gasteiger partial charge is 0.285 e. The quantitative estimate of drug-likeness (QED) is 0.430. The summed E-state index contributed by atoms with van der Waals surface area (Å²) in [6.45, 7) is 2.55. The predicted octanol–water partition coefficient (Wildman–Crippen LogP) is 2.54. The molecule has 3 N–H and O–H groups in total. The first-order valence-electron chi connectivity index (χ1n) is 7.62. The number of ether oxygens (including phenoxy) is 1. The van der Waals surface area contributed by atoms with Crippen LogP contribution in [0.25, 0.3) is 16.9 Å². The van der Waals surface area contributed by atoms with E-state index in [4.69, 9.17) is 10.6 Å². The monoisotopic (exact) mass is 322 g/mol. The second kappa shape index (κ2) is 6.97. The Labute approximate surface area is 139 Å². The highest BCUT2D eigenvalue weighted by Crippen LogP contribution is 2.26. The number of aromatic nitrogens is 2. The van der Waals surface area contributed by atoms with Crippen molar-refractivity contribution in [1.29, 1.82) is 0 Å². The van der Waals surface area contributed by atoms with Crippen LogP contribution in [-0.4, -0.2) is 22.3 Å². The van der Waals surface area contributed by atoms with Gasteiger partial charge in [-0.25, -0.2) is 10.5 Å². The van der Waals surface area contributed by atoms with Crippen molar-refractivity contribution >= 4 is 5.91 Å². The molecule has 0 saturated heterocycles. The zero-order valence-corrected chi connectivity index (χ0v) is 13.3. The van der Waals surface area contributed by atoms with E-state index in [9.17, 15) is 4.79 Å². The molecule has 0 fully saturated rings. The third-order valence-corrected chi connectivity index (χ3v) is 3.53. The summed E-state index contributed by atoms with van der Waals surface area (Å²) in [4.78, 5) is 11.8. The maximum absolute atomic E-state index is 11.8. The number of benzene rings is 2. The molecule has 0 aliphatic rings. The fourth-order valence-electron chi connectivity index (χ4n) is 2.43. The molecule has 0 radical (unpaired) electrons. The van der Waals surface area contributed by atoms with Crippen LogP contribution in [0.1, 0.15) is 17.4 Å². The maximum atomic E-state index is 11.8. The number of rotatable bonds is 5. The van der Waals surface area contributed by atoms with Gasteiger partial charge in [0.2, 0.25) is 0 Å². The van der Waals surface area contributed by atoms with Crippen LogP contribution in [0.2, 0.25) is 0 Å². The Morgan fingerprint density at radius 2 is 1.88 bits per heavy atom. The Kier molecular flexibility index (Phi) is 4.58. The first-order valence-corrected chi connectivity index (χ1v) is 7.62. The number of carbonyl (C=O) groups is 1. The van der Waals surface area contributed by atoms with Gasteiger partial charge in [-0.1, -0.05) is 18.2 Å². The third kappa shape index (κ3) is 3.13. The molecule has 0 aliphatic heterocycles. The van der Waals surface area contributed by atoms with Gasteiger partial charge in [0.05, 0.1) is 18.0 Å². The highest BCUT2D eigenvalue weighted by Gasteiger charge is 2.16. The van der Waals surface area contributed by atoms with Crippen molar-refractivity contribution in [2.75, 3.05) is 6.61 Å². The van der Waals surface area contributed by atoms with Crippen LogP contribution in [0.5, 0.6) is 5.75 Å². The second-order valence-corrected chi connectivity index (χ2v) is 5.09. The van der Waals surface area contributed by atoms with E-state index in [0.29, 0.717) is 6.61 Å².